The molecule has 1 nitrogen and oxygen atoms in total. The second-order valence-electron chi connectivity index (χ2n) is 2.83. The summed E-state index contributed by atoms with van der Waals surface area (Å²) in [5, 5.41) is 0. The summed E-state index contributed by atoms with van der Waals surface area (Å²) < 4.78 is 0. The molecule has 0 bridgehead atoms. The van der Waals surface area contributed by atoms with Gasteiger partial charge in [-0.3, -0.25) is 0 Å². The molecule has 0 radical (unpaired) electrons. The van der Waals surface area contributed by atoms with E-state index in [4.69, 9.17) is 0 Å². The van der Waals surface area contributed by atoms with Crippen LogP contribution in [0.2, 0.25) is 12.1 Å². The van der Waals surface area contributed by atoms with Crippen LogP contribution in [0, 0.1) is 0 Å². The van der Waals surface area contributed by atoms with Crippen molar-refractivity contribution in [2.24, 2.45) is 0 Å². The van der Waals surface area contributed by atoms with Crippen LogP contribution in [0.1, 0.15) is 27.7 Å². The van der Waals surface area contributed by atoms with Gasteiger partial charge in [-0.1, -0.05) is 27.7 Å². The molecule has 0 rings (SSSR count). The van der Waals surface area contributed by atoms with Crippen molar-refractivity contribution in [3.8, 4) is 0 Å². The molecule has 0 spiro atoms. The highest BCUT2D eigenvalue weighted by Gasteiger charge is 2.04. The number of rotatable bonds is 4. The first kappa shape index (κ1) is 9.18. The van der Waals surface area contributed by atoms with Crippen LogP contribution in [-0.2, 0) is 0 Å². The fourth-order valence-electron chi connectivity index (χ4n) is 0.996. The highest BCUT2D eigenvalue weighted by Crippen LogP contribution is 1.94. The van der Waals surface area contributed by atoms with Crippen LogP contribution >= 0.6 is 0 Å². The summed E-state index contributed by atoms with van der Waals surface area (Å²) in [6, 6.07) is 3.46. The predicted octanol–water partition coefficient (Wildman–Crippen LogP) is 1.75. The third-order valence-electron chi connectivity index (χ3n) is 1.55. The molecular formula is C7H19NSi. The highest BCUT2D eigenvalue weighted by atomic mass is 28.3. The van der Waals surface area contributed by atoms with Gasteiger partial charge in [0.25, 0.3) is 0 Å². The maximum absolute atomic E-state index is 3.62. The zero-order valence-corrected chi connectivity index (χ0v) is 8.22. The molecule has 0 amide bonds. The average molecular weight is 145 g/mol. The lowest BCUT2D eigenvalue weighted by molar-refractivity contribution is 0.737. The molecule has 0 fully saturated rings. The van der Waals surface area contributed by atoms with Gasteiger partial charge in [-0.05, 0) is 18.1 Å². The third kappa shape index (κ3) is 4.67. The van der Waals surface area contributed by atoms with E-state index in [9.17, 15) is 0 Å². The van der Waals surface area contributed by atoms with Gasteiger partial charge in [0.1, 0.15) is 8.96 Å². The lowest BCUT2D eigenvalue weighted by atomic mass is 10.4. The molecule has 1 N–H and O–H groups in total. The molecule has 0 saturated carbocycles. The van der Waals surface area contributed by atoms with E-state index >= 15 is 0 Å². The van der Waals surface area contributed by atoms with Crippen molar-refractivity contribution in [3.63, 3.8) is 0 Å². The minimum Gasteiger partial charge on any atom is -0.337 e. The van der Waals surface area contributed by atoms with Gasteiger partial charge in [0.05, 0.1) is 0 Å². The van der Waals surface area contributed by atoms with Crippen molar-refractivity contribution in [1.82, 2.24) is 4.98 Å². The number of hydrogen-bond donors (Lipinski definition) is 1. The fraction of sp³-hybridized carbons (Fsp3) is 1.00. The Bertz CT molecular complexity index is 59.9. The molecule has 0 aromatic rings. The molecule has 56 valence electrons. The lowest BCUT2D eigenvalue weighted by Crippen LogP contribution is -2.37. The first-order valence-corrected chi connectivity index (χ1v) is 6.17. The molecule has 2 heteroatoms. The molecule has 9 heavy (non-hydrogen) atoms. The zero-order chi connectivity index (χ0) is 7.28. The van der Waals surface area contributed by atoms with Crippen molar-refractivity contribution < 1.29 is 0 Å². The van der Waals surface area contributed by atoms with E-state index in [1.165, 1.54) is 12.1 Å². The first-order valence-electron chi connectivity index (χ1n) is 3.96. The monoisotopic (exact) mass is 145 g/mol. The smallest absolute Gasteiger partial charge is 0.108 e. The van der Waals surface area contributed by atoms with Crippen LogP contribution in [0.15, 0.2) is 0 Å². The van der Waals surface area contributed by atoms with Crippen LogP contribution in [0.5, 0.6) is 0 Å². The van der Waals surface area contributed by atoms with Gasteiger partial charge < -0.3 is 4.98 Å². The van der Waals surface area contributed by atoms with Gasteiger partial charge in [-0.25, -0.2) is 0 Å². The van der Waals surface area contributed by atoms with E-state index in [2.05, 4.69) is 32.7 Å². The summed E-state index contributed by atoms with van der Waals surface area (Å²) in [4.78, 5) is 3.62. The van der Waals surface area contributed by atoms with E-state index < -0.39 is 8.96 Å². The van der Waals surface area contributed by atoms with Crippen LogP contribution < -0.4 is 4.98 Å². The molecule has 0 saturated heterocycles. The lowest BCUT2D eigenvalue weighted by Gasteiger charge is -2.15. The summed E-state index contributed by atoms with van der Waals surface area (Å²) in [6.07, 6.45) is 0. The Morgan fingerprint density at radius 1 is 1.22 bits per heavy atom. The molecule has 0 heterocycles. The maximum atomic E-state index is 3.62. The molecule has 0 aliphatic rings. The van der Waals surface area contributed by atoms with Gasteiger partial charge in [-0.15, -0.1) is 0 Å². The number of nitrogens with one attached hydrogen (secondary N) is 1. The molecular weight excluding hydrogens is 126 g/mol. The van der Waals surface area contributed by atoms with E-state index in [0.717, 1.165) is 0 Å². The van der Waals surface area contributed by atoms with Gasteiger partial charge in [0, 0.05) is 0 Å². The van der Waals surface area contributed by atoms with Gasteiger partial charge >= 0.3 is 0 Å². The summed E-state index contributed by atoms with van der Waals surface area (Å²) in [5.74, 6) is 0. The number of hydrogen-bond acceptors (Lipinski definition) is 1. The fourth-order valence-corrected chi connectivity index (χ4v) is 2.99. The van der Waals surface area contributed by atoms with Crippen molar-refractivity contribution in [2.75, 3.05) is 0 Å². The van der Waals surface area contributed by atoms with Crippen molar-refractivity contribution in [2.45, 2.75) is 45.8 Å². The second kappa shape index (κ2) is 5.00. The van der Waals surface area contributed by atoms with Crippen LogP contribution in [-0.4, -0.2) is 15.0 Å². The topological polar surface area (TPSA) is 12.0 Å². The van der Waals surface area contributed by atoms with E-state index in [1.807, 2.05) is 0 Å². The molecule has 0 aromatic heterocycles. The van der Waals surface area contributed by atoms with Crippen LogP contribution in [0.4, 0.5) is 0 Å². The molecule has 0 atom stereocenters. The minimum atomic E-state index is -0.500. The second-order valence-corrected chi connectivity index (χ2v) is 6.19. The molecule has 0 aromatic carbocycles. The highest BCUT2D eigenvalue weighted by molar-refractivity contribution is 6.55. The zero-order valence-electron chi connectivity index (χ0n) is 7.07. The minimum absolute atomic E-state index is 0.500. The summed E-state index contributed by atoms with van der Waals surface area (Å²) in [7, 11) is -0.500. The van der Waals surface area contributed by atoms with E-state index in [0.29, 0.717) is 6.04 Å². The van der Waals surface area contributed by atoms with Crippen LogP contribution in [0.25, 0.3) is 0 Å². The average Bonchev–Trinajstić information content (AvgIpc) is 1.82. The quantitative estimate of drug-likeness (QED) is 0.594. The SMILES string of the molecule is CC[SiH](CC)NC(C)C. The Hall–Kier alpha value is 0.177. The van der Waals surface area contributed by atoms with Gasteiger partial charge in [0.2, 0.25) is 0 Å². The molecule has 0 aliphatic carbocycles. The summed E-state index contributed by atoms with van der Waals surface area (Å²) in [6.45, 7) is 9.03. The Morgan fingerprint density at radius 3 is 1.78 bits per heavy atom. The normalized spacial score (nSPS) is 11.3. The predicted molar refractivity (Wildman–Crippen MR) is 46.4 cm³/mol. The van der Waals surface area contributed by atoms with Crippen molar-refractivity contribution in [3.05, 3.63) is 0 Å². The standard InChI is InChI=1S/C7H19NSi/c1-5-9(6-2)8-7(3)4/h7-9H,5-6H2,1-4H3. The van der Waals surface area contributed by atoms with Crippen molar-refractivity contribution in [1.29, 1.82) is 0 Å². The maximum Gasteiger partial charge on any atom is 0.108 e. The van der Waals surface area contributed by atoms with E-state index in [-0.39, 0.29) is 0 Å². The van der Waals surface area contributed by atoms with Gasteiger partial charge in [0.15, 0.2) is 0 Å². The van der Waals surface area contributed by atoms with Crippen LogP contribution in [0.3, 0.4) is 0 Å². The Kier molecular flexibility index (Phi) is 5.10. The third-order valence-corrected chi connectivity index (χ3v) is 4.66. The largest absolute Gasteiger partial charge is 0.337 e. The first-order chi connectivity index (χ1) is 4.20. The molecule has 0 aliphatic heterocycles. The summed E-state index contributed by atoms with van der Waals surface area (Å²) in [5.41, 5.74) is 0. The van der Waals surface area contributed by atoms with Crippen molar-refractivity contribution >= 4 is 8.96 Å². The summed E-state index contributed by atoms with van der Waals surface area (Å²) >= 11 is 0. The van der Waals surface area contributed by atoms with Gasteiger partial charge in [-0.2, -0.15) is 0 Å². The molecule has 0 unspecified atom stereocenters. The Morgan fingerprint density at radius 2 is 1.67 bits per heavy atom. The van der Waals surface area contributed by atoms with E-state index in [1.54, 1.807) is 0 Å². The Balaban J connectivity index is 3.31. The Labute approximate surface area is 60.5 Å².